The third-order valence-corrected chi connectivity index (χ3v) is 5.04. The molecule has 1 fully saturated rings. The third kappa shape index (κ3) is 6.07. The zero-order chi connectivity index (χ0) is 26.6. The largest absolute Gasteiger partial charge is 0.474 e. The molecule has 1 saturated heterocycles. The molecular formula is C22H20BrN3O10. The summed E-state index contributed by atoms with van der Waals surface area (Å²) in [7, 11) is 1.18. The van der Waals surface area contributed by atoms with Crippen molar-refractivity contribution in [3.63, 3.8) is 0 Å². The van der Waals surface area contributed by atoms with E-state index >= 15 is 0 Å². The summed E-state index contributed by atoms with van der Waals surface area (Å²) in [5, 5.41) is 14.0. The fourth-order valence-corrected chi connectivity index (χ4v) is 3.59. The van der Waals surface area contributed by atoms with E-state index in [-0.39, 0.29) is 39.5 Å². The zero-order valence-corrected chi connectivity index (χ0v) is 20.8. The van der Waals surface area contributed by atoms with Crippen LogP contribution < -0.4 is 10.1 Å². The Morgan fingerprint density at radius 1 is 1.28 bits per heavy atom. The van der Waals surface area contributed by atoms with Crippen molar-refractivity contribution in [2.24, 2.45) is 0 Å². The monoisotopic (exact) mass is 565 g/mol. The van der Waals surface area contributed by atoms with Gasteiger partial charge >= 0.3 is 23.7 Å². The van der Waals surface area contributed by atoms with Gasteiger partial charge in [0.25, 0.3) is 5.91 Å². The smallest absolute Gasteiger partial charge is 0.373 e. The van der Waals surface area contributed by atoms with Crippen molar-refractivity contribution in [1.29, 1.82) is 0 Å². The van der Waals surface area contributed by atoms with Gasteiger partial charge in [0.05, 0.1) is 24.7 Å². The van der Waals surface area contributed by atoms with Crippen molar-refractivity contribution in [3.05, 3.63) is 61.6 Å². The number of halogens is 1. The van der Waals surface area contributed by atoms with Crippen LogP contribution >= 0.6 is 15.9 Å². The summed E-state index contributed by atoms with van der Waals surface area (Å²) >= 11 is 3.17. The van der Waals surface area contributed by atoms with Crippen LogP contribution in [-0.2, 0) is 25.6 Å². The molecule has 1 N–H and O–H groups in total. The minimum atomic E-state index is -0.783. The summed E-state index contributed by atoms with van der Waals surface area (Å²) < 4.78 is 20.5. The van der Waals surface area contributed by atoms with Gasteiger partial charge in [-0.3, -0.25) is 19.8 Å². The maximum atomic E-state index is 12.9. The van der Waals surface area contributed by atoms with Crippen molar-refractivity contribution in [1.82, 2.24) is 10.2 Å². The highest BCUT2D eigenvalue weighted by Crippen LogP contribution is 2.36. The summed E-state index contributed by atoms with van der Waals surface area (Å²) in [6.45, 7) is 2.36. The van der Waals surface area contributed by atoms with Gasteiger partial charge in [0.1, 0.15) is 11.5 Å². The molecule has 3 rings (SSSR count). The number of nitrogens with zero attached hydrogens (tertiary/aromatic N) is 2. The molecule has 13 nitrogen and oxygen atoms in total. The normalized spacial score (nSPS) is 14.2. The van der Waals surface area contributed by atoms with Gasteiger partial charge in [-0.15, -0.1) is 0 Å². The van der Waals surface area contributed by atoms with Gasteiger partial charge in [-0.05, 0) is 38.1 Å². The van der Waals surface area contributed by atoms with Gasteiger partial charge in [0.2, 0.25) is 11.5 Å². The molecule has 0 unspecified atom stereocenters. The van der Waals surface area contributed by atoms with Crippen LogP contribution in [0.15, 0.2) is 38.9 Å². The van der Waals surface area contributed by atoms with Gasteiger partial charge in [0, 0.05) is 16.1 Å². The highest BCUT2D eigenvalue weighted by Gasteiger charge is 2.35. The number of esters is 2. The fraction of sp³-hybridized carbons (Fsp3) is 0.273. The molecule has 2 aromatic rings. The number of methoxy groups -OCH3 is 1. The molecule has 36 heavy (non-hydrogen) atoms. The number of hydrogen-bond donors (Lipinski definition) is 1. The van der Waals surface area contributed by atoms with E-state index in [9.17, 15) is 29.3 Å². The van der Waals surface area contributed by atoms with Crippen LogP contribution in [0.2, 0.25) is 0 Å². The van der Waals surface area contributed by atoms with E-state index in [4.69, 9.17) is 13.9 Å². The van der Waals surface area contributed by atoms with Crippen LogP contribution in [0.4, 0.5) is 10.5 Å². The average molecular weight is 566 g/mol. The summed E-state index contributed by atoms with van der Waals surface area (Å²) in [5.74, 6) is -2.49. The first-order valence-electron chi connectivity index (χ1n) is 10.3. The van der Waals surface area contributed by atoms with E-state index in [1.165, 1.54) is 37.5 Å². The minimum absolute atomic E-state index is 0.0462. The summed E-state index contributed by atoms with van der Waals surface area (Å²) in [6.07, 6.45) is 0.765. The highest BCUT2D eigenvalue weighted by atomic mass is 79.9. The lowest BCUT2D eigenvalue weighted by Gasteiger charge is -2.12. The number of imide groups is 1. The fourth-order valence-electron chi connectivity index (χ4n) is 3.13. The summed E-state index contributed by atoms with van der Waals surface area (Å²) in [6, 6.07) is 4.55. The molecule has 0 radical (unpaired) electrons. The van der Waals surface area contributed by atoms with E-state index in [2.05, 4.69) is 26.0 Å². The molecule has 0 atom stereocenters. The molecule has 2 heterocycles. The number of rotatable bonds is 9. The lowest BCUT2D eigenvalue weighted by Crippen LogP contribution is -2.30. The van der Waals surface area contributed by atoms with Crippen LogP contribution in [-0.4, -0.2) is 53.5 Å². The van der Waals surface area contributed by atoms with Crippen LogP contribution in [0.5, 0.6) is 5.75 Å². The number of furan rings is 1. The average Bonchev–Trinajstić information content (AvgIpc) is 3.37. The molecule has 0 bridgehead atoms. The number of nitro benzene ring substituents is 1. The van der Waals surface area contributed by atoms with Gasteiger partial charge in [-0.2, -0.15) is 0 Å². The molecule has 0 aliphatic carbocycles. The first kappa shape index (κ1) is 26.4. The van der Waals surface area contributed by atoms with E-state index in [1.54, 1.807) is 13.8 Å². The molecule has 190 valence electrons. The lowest BCUT2D eigenvalue weighted by atomic mass is 10.1. The van der Waals surface area contributed by atoms with Gasteiger partial charge in [-0.25, -0.2) is 14.4 Å². The Kier molecular flexibility index (Phi) is 8.09. The third-order valence-electron chi connectivity index (χ3n) is 4.59. The first-order chi connectivity index (χ1) is 17.0. The lowest BCUT2D eigenvalue weighted by molar-refractivity contribution is -0.385. The van der Waals surface area contributed by atoms with Crippen LogP contribution in [0.25, 0.3) is 6.08 Å². The molecular weight excluding hydrogens is 546 g/mol. The molecule has 14 heteroatoms. The predicted octanol–water partition coefficient (Wildman–Crippen LogP) is 3.16. The maximum absolute atomic E-state index is 12.9. The number of nitrogens with one attached hydrogen (secondary N) is 1. The van der Waals surface area contributed by atoms with Crippen molar-refractivity contribution < 1.29 is 42.7 Å². The van der Waals surface area contributed by atoms with Crippen molar-refractivity contribution >= 4 is 51.6 Å². The van der Waals surface area contributed by atoms with Crippen molar-refractivity contribution in [3.8, 4) is 5.75 Å². The highest BCUT2D eigenvalue weighted by molar-refractivity contribution is 9.10. The SMILES string of the molecule is COC(=O)c1ccc(CN2C(=O)N/C(=C\c3cc(Br)cc([N+](=O)[O-])c3OCC(=O)OC(C)C)C2=O)o1. The second-order valence-electron chi connectivity index (χ2n) is 7.56. The molecule has 3 amide bonds. The van der Waals surface area contributed by atoms with Gasteiger partial charge in [-0.1, -0.05) is 15.9 Å². The molecule has 1 aromatic carbocycles. The van der Waals surface area contributed by atoms with Gasteiger partial charge < -0.3 is 23.9 Å². The number of benzene rings is 1. The van der Waals surface area contributed by atoms with Crippen molar-refractivity contribution in [2.45, 2.75) is 26.5 Å². The first-order valence-corrected chi connectivity index (χ1v) is 11.1. The molecule has 0 spiro atoms. The topological polar surface area (TPSA) is 168 Å². The van der Waals surface area contributed by atoms with E-state index in [0.717, 1.165) is 4.90 Å². The summed E-state index contributed by atoms with van der Waals surface area (Å²) in [5.41, 5.74) is -0.639. The number of urea groups is 1. The van der Waals surface area contributed by atoms with Crippen molar-refractivity contribution in [2.75, 3.05) is 13.7 Å². The number of carbonyl (C=O) groups excluding carboxylic acids is 4. The Bertz CT molecular complexity index is 1270. The number of nitro groups is 1. The Labute approximate surface area is 212 Å². The second-order valence-corrected chi connectivity index (χ2v) is 8.48. The number of ether oxygens (including phenoxy) is 3. The van der Waals surface area contributed by atoms with Crippen LogP contribution in [0, 0.1) is 10.1 Å². The molecule has 1 aromatic heterocycles. The number of carbonyl (C=O) groups is 4. The predicted molar refractivity (Wildman–Crippen MR) is 125 cm³/mol. The molecule has 1 aliphatic heterocycles. The molecule has 1 aliphatic rings. The van der Waals surface area contributed by atoms with Crippen LogP contribution in [0.3, 0.4) is 0 Å². The Balaban J connectivity index is 1.89. The van der Waals surface area contributed by atoms with Crippen LogP contribution in [0.1, 0.15) is 35.7 Å². The second kappa shape index (κ2) is 11.0. The van der Waals surface area contributed by atoms with E-state index in [1.807, 2.05) is 0 Å². The maximum Gasteiger partial charge on any atom is 0.373 e. The summed E-state index contributed by atoms with van der Waals surface area (Å²) in [4.78, 5) is 60.5. The Morgan fingerprint density at radius 3 is 2.64 bits per heavy atom. The standard InChI is InChI=1S/C22H20BrN3O10/c1-11(2)35-18(27)10-34-19-12(6-13(23)8-16(19)26(31)32)7-15-20(28)25(22(30)24-15)9-14-4-5-17(36-14)21(29)33-3/h4-8,11H,9-10H2,1-3H3,(H,24,30)/b15-7-. The zero-order valence-electron chi connectivity index (χ0n) is 19.2. The Morgan fingerprint density at radius 2 is 2.00 bits per heavy atom. The van der Waals surface area contributed by atoms with E-state index in [0.29, 0.717) is 0 Å². The number of amides is 3. The quantitative estimate of drug-likeness (QED) is 0.157. The minimum Gasteiger partial charge on any atom is -0.474 e. The van der Waals surface area contributed by atoms with E-state index < -0.39 is 47.2 Å². The number of hydrogen-bond acceptors (Lipinski definition) is 10. The molecule has 0 saturated carbocycles. The van der Waals surface area contributed by atoms with Gasteiger partial charge in [0.15, 0.2) is 6.61 Å². The Hall–Kier alpha value is -4.20.